The molecule has 0 N–H and O–H groups in total. The van der Waals surface area contributed by atoms with Crippen LogP contribution in [-0.2, 0) is 6.54 Å². The summed E-state index contributed by atoms with van der Waals surface area (Å²) in [7, 11) is 1.51. The Balaban J connectivity index is 2.17. The van der Waals surface area contributed by atoms with Crippen molar-refractivity contribution in [3.05, 3.63) is 44.6 Å². The van der Waals surface area contributed by atoms with Gasteiger partial charge in [-0.2, -0.15) is 5.26 Å². The van der Waals surface area contributed by atoms with E-state index in [1.54, 1.807) is 0 Å². The minimum Gasteiger partial charge on any atom is -0.335 e. The maximum atomic E-state index is 13.6. The highest BCUT2D eigenvalue weighted by Crippen LogP contribution is 2.18. The molecule has 102 valence electrons. The van der Waals surface area contributed by atoms with E-state index < -0.39 is 11.7 Å². The molecule has 0 unspecified atom stereocenters. The second kappa shape index (κ2) is 5.94. The van der Waals surface area contributed by atoms with Crippen molar-refractivity contribution in [3.63, 3.8) is 0 Å². The summed E-state index contributed by atoms with van der Waals surface area (Å²) < 4.78 is 13.8. The largest absolute Gasteiger partial charge is 0.335 e. The van der Waals surface area contributed by atoms with Gasteiger partial charge in [0.2, 0.25) is 9.47 Å². The summed E-state index contributed by atoms with van der Waals surface area (Å²) in [6, 6.07) is 5.92. The van der Waals surface area contributed by atoms with Gasteiger partial charge < -0.3 is 4.90 Å². The number of benzene rings is 1. The molecule has 0 bridgehead atoms. The molecule has 0 spiro atoms. The van der Waals surface area contributed by atoms with Crippen LogP contribution in [0.3, 0.4) is 0 Å². The van der Waals surface area contributed by atoms with E-state index >= 15 is 0 Å². The SMILES string of the molecule is CN(Cc1cc(C#N)ccc1F)C(=O)c1nnc(Cl)s1. The lowest BCUT2D eigenvalue weighted by molar-refractivity contribution is 0.0782. The van der Waals surface area contributed by atoms with Gasteiger partial charge in [0.25, 0.3) is 5.91 Å². The molecule has 2 aromatic rings. The molecule has 0 saturated carbocycles. The second-order valence-corrected chi connectivity index (χ2v) is 5.50. The normalized spacial score (nSPS) is 10.1. The Morgan fingerprint density at radius 1 is 1.55 bits per heavy atom. The Kier molecular flexibility index (Phi) is 4.27. The van der Waals surface area contributed by atoms with E-state index in [9.17, 15) is 9.18 Å². The Hall–Kier alpha value is -2.04. The molecule has 0 aliphatic rings. The summed E-state index contributed by atoms with van der Waals surface area (Å²) >= 11 is 6.56. The van der Waals surface area contributed by atoms with Gasteiger partial charge in [-0.25, -0.2) is 4.39 Å². The maximum absolute atomic E-state index is 13.6. The molecule has 1 aromatic carbocycles. The van der Waals surface area contributed by atoms with Crippen LogP contribution in [0.5, 0.6) is 0 Å². The first-order chi connectivity index (χ1) is 9.51. The van der Waals surface area contributed by atoms with Crippen molar-refractivity contribution in [3.8, 4) is 6.07 Å². The number of nitriles is 1. The monoisotopic (exact) mass is 310 g/mol. The highest BCUT2D eigenvalue weighted by atomic mass is 35.5. The molecule has 0 aliphatic heterocycles. The maximum Gasteiger partial charge on any atom is 0.284 e. The van der Waals surface area contributed by atoms with E-state index in [4.69, 9.17) is 16.9 Å². The van der Waals surface area contributed by atoms with Crippen LogP contribution in [0, 0.1) is 17.1 Å². The van der Waals surface area contributed by atoms with Crippen molar-refractivity contribution in [1.82, 2.24) is 15.1 Å². The predicted octanol–water partition coefficient (Wildman–Crippen LogP) is 2.47. The molecule has 1 aromatic heterocycles. The van der Waals surface area contributed by atoms with Crippen molar-refractivity contribution in [1.29, 1.82) is 5.26 Å². The number of hydrogen-bond acceptors (Lipinski definition) is 5. The third-order valence-electron chi connectivity index (χ3n) is 2.51. The Morgan fingerprint density at radius 3 is 2.90 bits per heavy atom. The molecule has 20 heavy (non-hydrogen) atoms. The fraction of sp³-hybridized carbons (Fsp3) is 0.167. The summed E-state index contributed by atoms with van der Waals surface area (Å²) in [6.45, 7) is 0.0252. The van der Waals surface area contributed by atoms with Gasteiger partial charge in [0, 0.05) is 19.2 Å². The summed E-state index contributed by atoms with van der Waals surface area (Å²) in [5.41, 5.74) is 0.594. The lowest BCUT2D eigenvalue weighted by Gasteiger charge is -2.16. The predicted molar refractivity (Wildman–Crippen MR) is 71.8 cm³/mol. The highest BCUT2D eigenvalue weighted by molar-refractivity contribution is 7.17. The van der Waals surface area contributed by atoms with Crippen LogP contribution >= 0.6 is 22.9 Å². The lowest BCUT2D eigenvalue weighted by Crippen LogP contribution is -2.26. The number of carbonyl (C=O) groups is 1. The summed E-state index contributed by atoms with van der Waals surface area (Å²) in [4.78, 5) is 13.3. The zero-order valence-electron chi connectivity index (χ0n) is 10.3. The van der Waals surface area contributed by atoms with Gasteiger partial charge in [0.1, 0.15) is 5.82 Å². The quantitative estimate of drug-likeness (QED) is 0.873. The van der Waals surface area contributed by atoms with Crippen LogP contribution in [0.4, 0.5) is 4.39 Å². The lowest BCUT2D eigenvalue weighted by atomic mass is 10.1. The van der Waals surface area contributed by atoms with Gasteiger partial charge in [-0.15, -0.1) is 10.2 Å². The van der Waals surface area contributed by atoms with Crippen LogP contribution in [0.25, 0.3) is 0 Å². The first kappa shape index (κ1) is 14.4. The van der Waals surface area contributed by atoms with Gasteiger partial charge in [-0.3, -0.25) is 4.79 Å². The van der Waals surface area contributed by atoms with Crippen molar-refractivity contribution < 1.29 is 9.18 Å². The average Bonchev–Trinajstić information content (AvgIpc) is 2.87. The number of halogens is 2. The van der Waals surface area contributed by atoms with E-state index in [1.165, 1.54) is 30.1 Å². The molecule has 0 atom stereocenters. The second-order valence-electron chi connectivity index (χ2n) is 3.94. The van der Waals surface area contributed by atoms with E-state index in [1.807, 2.05) is 6.07 Å². The Bertz CT molecular complexity index is 697. The first-order valence-electron chi connectivity index (χ1n) is 5.44. The number of nitrogens with zero attached hydrogens (tertiary/aromatic N) is 4. The molecule has 5 nitrogen and oxygen atoms in total. The first-order valence-corrected chi connectivity index (χ1v) is 6.63. The standard InChI is InChI=1S/C12H8ClFN4OS/c1-18(11(19)10-16-17-12(13)20-10)6-8-4-7(5-15)2-3-9(8)14/h2-4H,6H2,1H3. The van der Waals surface area contributed by atoms with Crippen molar-refractivity contribution in [2.45, 2.75) is 6.54 Å². The molecule has 8 heteroatoms. The van der Waals surface area contributed by atoms with Gasteiger partial charge in [-0.05, 0) is 29.8 Å². The van der Waals surface area contributed by atoms with Gasteiger partial charge >= 0.3 is 0 Å². The molecular weight excluding hydrogens is 303 g/mol. The van der Waals surface area contributed by atoms with E-state index in [0.717, 1.165) is 11.3 Å². The fourth-order valence-corrected chi connectivity index (χ4v) is 2.37. The van der Waals surface area contributed by atoms with Crippen LogP contribution in [0.15, 0.2) is 18.2 Å². The minimum absolute atomic E-state index is 0.0252. The topological polar surface area (TPSA) is 69.9 Å². The molecule has 1 amide bonds. The van der Waals surface area contributed by atoms with Crippen molar-refractivity contribution in [2.75, 3.05) is 7.05 Å². The number of aromatic nitrogens is 2. The fourth-order valence-electron chi connectivity index (χ4n) is 1.55. The number of hydrogen-bond donors (Lipinski definition) is 0. The highest BCUT2D eigenvalue weighted by Gasteiger charge is 2.18. The smallest absolute Gasteiger partial charge is 0.284 e. The van der Waals surface area contributed by atoms with Crippen LogP contribution in [-0.4, -0.2) is 28.1 Å². The number of carbonyl (C=O) groups excluding carboxylic acids is 1. The van der Waals surface area contributed by atoms with E-state index in [2.05, 4.69) is 10.2 Å². The molecule has 0 saturated heterocycles. The van der Waals surface area contributed by atoms with Gasteiger partial charge in [0.15, 0.2) is 0 Å². The van der Waals surface area contributed by atoms with Gasteiger partial charge in [0.05, 0.1) is 11.6 Å². The van der Waals surface area contributed by atoms with E-state index in [0.29, 0.717) is 5.56 Å². The molecule has 0 radical (unpaired) electrons. The third kappa shape index (κ3) is 3.10. The zero-order valence-corrected chi connectivity index (χ0v) is 11.9. The molecular formula is C12H8ClFN4OS. The number of rotatable bonds is 3. The number of amides is 1. The van der Waals surface area contributed by atoms with Crippen LogP contribution in [0.1, 0.15) is 20.9 Å². The van der Waals surface area contributed by atoms with Crippen LogP contribution in [0.2, 0.25) is 4.47 Å². The van der Waals surface area contributed by atoms with E-state index in [-0.39, 0.29) is 21.6 Å². The Labute approximate surface area is 123 Å². The summed E-state index contributed by atoms with van der Waals surface area (Å²) in [6.07, 6.45) is 0. The zero-order chi connectivity index (χ0) is 14.7. The molecule has 0 fully saturated rings. The van der Waals surface area contributed by atoms with Crippen molar-refractivity contribution in [2.24, 2.45) is 0 Å². The minimum atomic E-state index is -0.473. The average molecular weight is 311 g/mol. The third-order valence-corrected chi connectivity index (χ3v) is 3.52. The summed E-state index contributed by atoms with van der Waals surface area (Å²) in [5.74, 6) is -0.880. The Morgan fingerprint density at radius 2 is 2.30 bits per heavy atom. The van der Waals surface area contributed by atoms with Gasteiger partial charge in [-0.1, -0.05) is 11.3 Å². The molecule has 1 heterocycles. The van der Waals surface area contributed by atoms with Crippen molar-refractivity contribution >= 4 is 28.8 Å². The van der Waals surface area contributed by atoms with Crippen LogP contribution < -0.4 is 0 Å². The molecule has 2 rings (SSSR count). The summed E-state index contributed by atoms with van der Waals surface area (Å²) in [5, 5.41) is 16.1. The molecule has 0 aliphatic carbocycles.